The second kappa shape index (κ2) is 8.51. The summed E-state index contributed by atoms with van der Waals surface area (Å²) in [6.07, 6.45) is -2.94. The third-order valence-electron chi connectivity index (χ3n) is 5.35. The van der Waals surface area contributed by atoms with Gasteiger partial charge in [-0.15, -0.1) is 0 Å². The highest BCUT2D eigenvalue weighted by atomic mass is 19.4. The van der Waals surface area contributed by atoms with Gasteiger partial charge in [0.15, 0.2) is 0 Å². The fourth-order valence-electron chi connectivity index (χ4n) is 3.68. The number of aryl methyl sites for hydroxylation is 1. The minimum atomic E-state index is -4.47. The molecule has 1 amide bonds. The second-order valence-electron chi connectivity index (χ2n) is 7.56. The Morgan fingerprint density at radius 3 is 2.48 bits per heavy atom. The van der Waals surface area contributed by atoms with Gasteiger partial charge in [0, 0.05) is 18.3 Å². The monoisotopic (exact) mass is 426 g/mol. The number of morpholine rings is 1. The Labute approximate surface area is 178 Å². The first-order valence-electron chi connectivity index (χ1n) is 9.88. The van der Waals surface area contributed by atoms with E-state index in [9.17, 15) is 18.0 Å². The number of alkyl halides is 3. The zero-order chi connectivity index (χ0) is 22.0. The molecule has 7 heteroatoms. The molecule has 1 aliphatic heterocycles. The lowest BCUT2D eigenvalue weighted by atomic mass is 10.0. The molecule has 4 rings (SSSR count). The molecule has 160 valence electrons. The van der Waals surface area contributed by atoms with Crippen LogP contribution in [0.4, 0.5) is 13.2 Å². The summed E-state index contributed by atoms with van der Waals surface area (Å²) in [5, 5.41) is 0. The van der Waals surface area contributed by atoms with Gasteiger partial charge in [-0.05, 0) is 30.2 Å². The molecular weight excluding hydrogens is 405 g/mol. The van der Waals surface area contributed by atoms with Crippen LogP contribution in [0.2, 0.25) is 0 Å². The van der Waals surface area contributed by atoms with E-state index in [1.165, 1.54) is 18.3 Å². The van der Waals surface area contributed by atoms with Crippen molar-refractivity contribution in [1.82, 2.24) is 9.88 Å². The fourth-order valence-corrected chi connectivity index (χ4v) is 3.68. The Morgan fingerprint density at radius 1 is 1.06 bits per heavy atom. The second-order valence-corrected chi connectivity index (χ2v) is 7.56. The number of pyridine rings is 1. The van der Waals surface area contributed by atoms with Gasteiger partial charge in [0.1, 0.15) is 6.61 Å². The number of hydrogen-bond acceptors (Lipinski definition) is 3. The number of carbonyl (C=O) groups is 1. The molecule has 1 aliphatic rings. The first-order valence-corrected chi connectivity index (χ1v) is 9.88. The van der Waals surface area contributed by atoms with Crippen LogP contribution < -0.4 is 0 Å². The number of benzene rings is 2. The molecule has 4 nitrogen and oxygen atoms in total. The van der Waals surface area contributed by atoms with Crippen molar-refractivity contribution < 1.29 is 22.7 Å². The minimum absolute atomic E-state index is 0.00678. The maximum absolute atomic E-state index is 13.3. The molecule has 2 aromatic carbocycles. The zero-order valence-electron chi connectivity index (χ0n) is 16.9. The fraction of sp³-hybridized carbons (Fsp3) is 0.250. The predicted octanol–water partition coefficient (Wildman–Crippen LogP) is 5.18. The van der Waals surface area contributed by atoms with Crippen molar-refractivity contribution in [2.24, 2.45) is 0 Å². The third-order valence-corrected chi connectivity index (χ3v) is 5.35. The van der Waals surface area contributed by atoms with Crippen LogP contribution in [0, 0.1) is 6.92 Å². The van der Waals surface area contributed by atoms with Gasteiger partial charge in [-0.25, -0.2) is 0 Å². The van der Waals surface area contributed by atoms with E-state index in [0.717, 1.165) is 17.2 Å². The molecule has 0 N–H and O–H groups in total. The Kier molecular flexibility index (Phi) is 5.78. The number of amides is 1. The highest BCUT2D eigenvalue weighted by Gasteiger charge is 2.34. The average Bonchev–Trinajstić information content (AvgIpc) is 2.76. The average molecular weight is 426 g/mol. The van der Waals surface area contributed by atoms with Crippen molar-refractivity contribution in [3.05, 3.63) is 89.1 Å². The van der Waals surface area contributed by atoms with Gasteiger partial charge in [0.05, 0.1) is 23.9 Å². The molecule has 3 aromatic rings. The van der Waals surface area contributed by atoms with Crippen molar-refractivity contribution in [2.75, 3.05) is 13.2 Å². The van der Waals surface area contributed by atoms with E-state index in [2.05, 4.69) is 4.98 Å². The molecule has 1 saturated heterocycles. The summed E-state index contributed by atoms with van der Waals surface area (Å²) in [6, 6.07) is 16.2. The predicted molar refractivity (Wildman–Crippen MR) is 110 cm³/mol. The number of hydrogen-bond donors (Lipinski definition) is 0. The summed E-state index contributed by atoms with van der Waals surface area (Å²) < 4.78 is 45.5. The first kappa shape index (κ1) is 21.1. The summed E-state index contributed by atoms with van der Waals surface area (Å²) in [5.41, 5.74) is 2.36. The van der Waals surface area contributed by atoms with Gasteiger partial charge in [-0.2, -0.15) is 13.2 Å². The van der Waals surface area contributed by atoms with E-state index in [4.69, 9.17) is 4.74 Å². The van der Waals surface area contributed by atoms with Crippen LogP contribution in [-0.4, -0.2) is 29.0 Å². The van der Waals surface area contributed by atoms with Crippen LogP contribution in [0.3, 0.4) is 0 Å². The SMILES string of the molecule is Cc1ccc(CN2C(=O)COCC2c2ccc(-c3ccccc3C(F)(F)F)nc2)cc1. The molecule has 0 aliphatic carbocycles. The molecule has 31 heavy (non-hydrogen) atoms. The van der Waals surface area contributed by atoms with E-state index >= 15 is 0 Å². The Bertz CT molecular complexity index is 1060. The molecule has 1 aromatic heterocycles. The molecule has 0 bridgehead atoms. The number of ether oxygens (including phenoxy) is 1. The lowest BCUT2D eigenvalue weighted by Gasteiger charge is -2.35. The molecule has 0 saturated carbocycles. The Hall–Kier alpha value is -3.19. The van der Waals surface area contributed by atoms with E-state index in [0.29, 0.717) is 18.7 Å². The van der Waals surface area contributed by atoms with Gasteiger partial charge in [-0.1, -0.05) is 54.1 Å². The maximum atomic E-state index is 13.3. The smallest absolute Gasteiger partial charge is 0.369 e. The Morgan fingerprint density at radius 2 is 1.81 bits per heavy atom. The summed E-state index contributed by atoms with van der Waals surface area (Å²) in [7, 11) is 0. The molecule has 0 spiro atoms. The third kappa shape index (κ3) is 4.61. The molecule has 1 unspecified atom stereocenters. The first-order chi connectivity index (χ1) is 14.8. The normalized spacial score (nSPS) is 17.1. The maximum Gasteiger partial charge on any atom is 0.417 e. The number of nitrogens with zero attached hydrogens (tertiary/aromatic N) is 2. The van der Waals surface area contributed by atoms with Crippen LogP contribution in [0.5, 0.6) is 0 Å². The van der Waals surface area contributed by atoms with Crippen molar-refractivity contribution in [1.29, 1.82) is 0 Å². The lowest BCUT2D eigenvalue weighted by Crippen LogP contribution is -2.43. The van der Waals surface area contributed by atoms with Crippen LogP contribution in [0.15, 0.2) is 66.9 Å². The van der Waals surface area contributed by atoms with Crippen molar-refractivity contribution in [2.45, 2.75) is 25.7 Å². The molecule has 0 radical (unpaired) electrons. The molecule has 2 heterocycles. The van der Waals surface area contributed by atoms with Crippen LogP contribution in [0.25, 0.3) is 11.3 Å². The van der Waals surface area contributed by atoms with E-state index in [-0.39, 0.29) is 29.8 Å². The minimum Gasteiger partial charge on any atom is -0.369 e. The van der Waals surface area contributed by atoms with Crippen LogP contribution >= 0.6 is 0 Å². The van der Waals surface area contributed by atoms with Gasteiger partial charge in [0.25, 0.3) is 0 Å². The van der Waals surface area contributed by atoms with E-state index < -0.39 is 11.7 Å². The molecule has 1 atom stereocenters. The quantitative estimate of drug-likeness (QED) is 0.578. The van der Waals surface area contributed by atoms with Crippen molar-refractivity contribution in [3.8, 4) is 11.3 Å². The molecule has 1 fully saturated rings. The summed E-state index contributed by atoms with van der Waals surface area (Å²) in [5.74, 6) is -0.136. The summed E-state index contributed by atoms with van der Waals surface area (Å²) in [6.45, 7) is 2.73. The van der Waals surface area contributed by atoms with E-state index in [1.807, 2.05) is 31.2 Å². The van der Waals surface area contributed by atoms with Gasteiger partial charge >= 0.3 is 6.18 Å². The largest absolute Gasteiger partial charge is 0.417 e. The number of halogens is 3. The number of carbonyl (C=O) groups excluding carboxylic acids is 1. The number of aromatic nitrogens is 1. The van der Waals surface area contributed by atoms with Gasteiger partial charge in [-0.3, -0.25) is 9.78 Å². The van der Waals surface area contributed by atoms with Crippen molar-refractivity contribution in [3.63, 3.8) is 0 Å². The number of rotatable bonds is 4. The highest BCUT2D eigenvalue weighted by molar-refractivity contribution is 5.78. The zero-order valence-corrected chi connectivity index (χ0v) is 16.9. The van der Waals surface area contributed by atoms with Gasteiger partial charge < -0.3 is 9.64 Å². The van der Waals surface area contributed by atoms with E-state index in [1.54, 1.807) is 23.1 Å². The lowest BCUT2D eigenvalue weighted by molar-refractivity contribution is -0.149. The van der Waals surface area contributed by atoms with Crippen LogP contribution in [-0.2, 0) is 22.3 Å². The van der Waals surface area contributed by atoms with Crippen LogP contribution in [0.1, 0.15) is 28.3 Å². The Balaban J connectivity index is 1.61. The van der Waals surface area contributed by atoms with Gasteiger partial charge in [0.2, 0.25) is 5.91 Å². The van der Waals surface area contributed by atoms with Crippen molar-refractivity contribution >= 4 is 5.91 Å². The molecular formula is C24H21F3N2O2. The highest BCUT2D eigenvalue weighted by Crippen LogP contribution is 2.36. The standard InChI is InChI=1S/C24H21F3N2O2/c1-16-6-8-17(9-7-16)13-29-22(14-31-15-23(29)30)18-10-11-21(28-12-18)19-4-2-3-5-20(19)24(25,26)27/h2-12,22H,13-15H2,1H3. The summed E-state index contributed by atoms with van der Waals surface area (Å²) in [4.78, 5) is 18.6. The topological polar surface area (TPSA) is 42.4 Å². The summed E-state index contributed by atoms with van der Waals surface area (Å²) >= 11 is 0.